The third kappa shape index (κ3) is 26.5. The van der Waals surface area contributed by atoms with Gasteiger partial charge in [0, 0.05) is 6.92 Å². The topological polar surface area (TPSA) is 266 Å². The Labute approximate surface area is 784 Å². The summed E-state index contributed by atoms with van der Waals surface area (Å²) in [5, 5.41) is 2.80. The average Bonchev–Trinajstić information content (AvgIpc) is 0.748. The predicted octanol–water partition coefficient (Wildman–Crippen LogP) is 15.9. The van der Waals surface area contributed by atoms with E-state index >= 15 is 4.79 Å². The summed E-state index contributed by atoms with van der Waals surface area (Å²) in [6.45, 7) is 14.1. The summed E-state index contributed by atoms with van der Waals surface area (Å²) in [5.41, 5.74) is 6.72. The van der Waals surface area contributed by atoms with Crippen molar-refractivity contribution < 1.29 is 119 Å². The number of fused-ring (bicyclic) bond motifs is 1. The smallest absolute Gasteiger partial charge is 0.338 e. The lowest BCUT2D eigenvalue weighted by molar-refractivity contribution is -0.415. The molecule has 0 aromatic heterocycles. The first kappa shape index (κ1) is 97.7. The van der Waals surface area contributed by atoms with Gasteiger partial charge in [-0.2, -0.15) is 0 Å². The van der Waals surface area contributed by atoms with Crippen molar-refractivity contribution in [2.24, 2.45) is 0 Å². The van der Waals surface area contributed by atoms with Gasteiger partial charge in [0.1, 0.15) is 91.5 Å². The van der Waals surface area contributed by atoms with Crippen LogP contribution < -0.4 is 5.32 Å². The van der Waals surface area contributed by atoms with Crippen LogP contribution in [0.3, 0.4) is 0 Å². The van der Waals surface area contributed by atoms with Crippen molar-refractivity contribution in [3.8, 4) is 0 Å². The zero-order valence-corrected chi connectivity index (χ0v) is 76.6. The molecule has 6 aliphatic rings. The first-order chi connectivity index (χ1) is 64.1. The normalized spacial score (nSPS) is 30.0. The molecule has 0 spiro atoms. The van der Waals surface area contributed by atoms with Crippen LogP contribution in [0.4, 0.5) is 0 Å². The van der Waals surface area contributed by atoms with Crippen LogP contribution in [0.15, 0.2) is 286 Å². The average molecular weight is 1870 g/mol. The summed E-state index contributed by atoms with van der Waals surface area (Å²) in [5.74, 6) is -4.00. The van der Waals surface area contributed by atoms with E-state index in [0.29, 0.717) is 0 Å². The summed E-state index contributed by atoms with van der Waals surface area (Å²) in [6, 6.07) is 84.0. The lowest BCUT2D eigenvalue weighted by atomic mass is 9.94. The number of alkyl halides is 3. The molecule has 1 N–H and O–H groups in total. The largest absolute Gasteiger partial charge is 0.457 e. The standard InChI is InChI=1S/C103H114Cl3NO25/c1-8-54-112-97-94(127-95(109)77-52-34-17-35-53-77)90(83(67(4)121-97)128-98-91(119-62-76-50-32-16-33-51-76)89(118-61-75-48-30-15-31-49-75)84(115-58-72-42-24-12-25-43-72)78(126-98)63-111-55-69-36-18-9-19-37-69)129-99-93(88(117-60-74-46-28-14-29-47-74)82(65(2)122-99)114-57-71-40-22-11-23-41-71)131-100-92(87(116-59-73-44-26-13-27-45-73)81(66(3)123-100)113-56-70-38-20-10-21-39-70)130-96-80(107-101(110)103(104,105)106)86(124-68(5)108)85-79(125-96)64-120-102(6,7)132-85/h8-53,65-67,78-94,96-100H,1,54-64H2,2-7H3,(H,107,110)/t65?,66-,67-,78+,79+,80+,81-,82?,83-,84+,85+,86+,87+,88?,89-,90+,91+,92+,93?,94+,96-,97+,98+,99?,100-/m0/s1. The van der Waals surface area contributed by atoms with E-state index in [1.807, 2.05) is 257 Å². The van der Waals surface area contributed by atoms with Crippen LogP contribution in [0, 0.1) is 0 Å². The van der Waals surface area contributed by atoms with E-state index in [-0.39, 0.29) is 78.2 Å². The molecule has 9 aromatic rings. The van der Waals surface area contributed by atoms with Gasteiger partial charge in [-0.1, -0.05) is 302 Å². The molecular formula is C103H114Cl3NO25. The molecule has 5 unspecified atom stereocenters. The quantitative estimate of drug-likeness (QED) is 0.0212. The van der Waals surface area contributed by atoms with Crippen molar-refractivity contribution in [2.75, 3.05) is 19.8 Å². The molecule has 0 radical (unpaired) electrons. The first-order valence-corrected chi connectivity index (χ1v) is 45.7. The van der Waals surface area contributed by atoms with E-state index in [4.69, 9.17) is 139 Å². The third-order valence-electron chi connectivity index (χ3n) is 23.5. The minimum absolute atomic E-state index is 0.0212. The van der Waals surface area contributed by atoms with Crippen molar-refractivity contribution >= 4 is 52.6 Å². The molecule has 6 heterocycles. The number of amides is 1. The second-order valence-corrected chi connectivity index (χ2v) is 36.0. The number of hydrogen-bond acceptors (Lipinski definition) is 25. The number of benzene rings is 9. The minimum atomic E-state index is -2.62. The molecule has 0 aliphatic carbocycles. The Kier molecular flexibility index (Phi) is 35.2. The molecule has 9 aromatic carbocycles. The maximum atomic E-state index is 15.5. The Balaban J connectivity index is 0.900. The SMILES string of the molecule is C=CCO[C@@H]1O[C@@H](C)[C@H](O[C@H]2O[C@H](COCc3ccccc3)[C@@H](OCc3ccccc3)[C@H](OCc3ccccc3)[C@H]2OCc2ccccc2)[C@@H](OC2OC(C)C(OCc3ccccc3)C(OCc3ccccc3)C2O[C@@H]2O[C@@H](C)[C@H](OCc3ccccc3)[C@@H](OCc3ccccc3)[C@H]2O[C@@H]2O[C@@H]3COC(C)(C)O[C@H]3[C@H](OC(C)=O)[C@H]2NC(=O)C(Cl)(Cl)Cl)[C@H]1OC(=O)c1ccccc1. The maximum Gasteiger partial charge on any atom is 0.338 e. The molecule has 702 valence electrons. The van der Waals surface area contributed by atoms with Gasteiger partial charge in [-0.25, -0.2) is 4.79 Å². The maximum absolute atomic E-state index is 15.5. The molecule has 29 heteroatoms. The van der Waals surface area contributed by atoms with Crippen LogP contribution in [0.2, 0.25) is 0 Å². The Morgan fingerprint density at radius 3 is 1.15 bits per heavy atom. The van der Waals surface area contributed by atoms with E-state index in [9.17, 15) is 9.59 Å². The molecule has 132 heavy (non-hydrogen) atoms. The molecular weight excluding hydrogens is 1760 g/mol. The number of halogens is 3. The molecule has 6 aliphatic heterocycles. The van der Waals surface area contributed by atoms with Crippen LogP contribution in [-0.4, -0.2) is 201 Å². The van der Waals surface area contributed by atoms with Crippen LogP contribution in [-0.2, 0) is 167 Å². The van der Waals surface area contributed by atoms with Crippen molar-refractivity contribution in [1.82, 2.24) is 5.32 Å². The fourth-order valence-corrected chi connectivity index (χ4v) is 17.2. The van der Waals surface area contributed by atoms with Gasteiger partial charge in [0.2, 0.25) is 0 Å². The van der Waals surface area contributed by atoms with Crippen LogP contribution in [0.1, 0.15) is 96.4 Å². The van der Waals surface area contributed by atoms with Gasteiger partial charge in [-0.05, 0) is 91.3 Å². The van der Waals surface area contributed by atoms with Crippen LogP contribution >= 0.6 is 34.8 Å². The molecule has 6 saturated heterocycles. The van der Waals surface area contributed by atoms with Gasteiger partial charge in [-0.3, -0.25) is 9.59 Å². The zero-order chi connectivity index (χ0) is 91.9. The Bertz CT molecular complexity index is 4980. The molecule has 15 rings (SSSR count). The number of carbonyl (C=O) groups is 3. The van der Waals surface area contributed by atoms with Crippen molar-refractivity contribution in [2.45, 2.75) is 257 Å². The molecule has 25 atom stereocenters. The van der Waals surface area contributed by atoms with E-state index in [1.54, 1.807) is 57.2 Å². The molecule has 6 fully saturated rings. The molecule has 1 amide bonds. The lowest BCUT2D eigenvalue weighted by Crippen LogP contribution is -2.72. The highest BCUT2D eigenvalue weighted by Crippen LogP contribution is 2.44. The highest BCUT2D eigenvalue weighted by Gasteiger charge is 2.62. The van der Waals surface area contributed by atoms with Crippen LogP contribution in [0.5, 0.6) is 0 Å². The van der Waals surface area contributed by atoms with Crippen molar-refractivity contribution in [3.63, 3.8) is 0 Å². The number of rotatable bonds is 40. The number of esters is 2. The number of hydrogen-bond donors (Lipinski definition) is 1. The summed E-state index contributed by atoms with van der Waals surface area (Å²) >= 11 is 19.4. The minimum Gasteiger partial charge on any atom is -0.457 e. The van der Waals surface area contributed by atoms with Gasteiger partial charge >= 0.3 is 11.9 Å². The number of nitrogens with one attached hydrogen (secondary N) is 1. The second kappa shape index (κ2) is 47.6. The van der Waals surface area contributed by atoms with Gasteiger partial charge < -0.3 is 110 Å². The van der Waals surface area contributed by atoms with E-state index in [1.165, 1.54) is 6.92 Å². The van der Waals surface area contributed by atoms with Gasteiger partial charge in [0.15, 0.2) is 49.4 Å². The van der Waals surface area contributed by atoms with Crippen LogP contribution in [0.25, 0.3) is 0 Å². The fraction of sp³-hybridized carbons (Fsp3) is 0.427. The van der Waals surface area contributed by atoms with E-state index < -0.39 is 181 Å². The highest BCUT2D eigenvalue weighted by molar-refractivity contribution is 6.76. The Hall–Kier alpha value is -8.80. The number of ether oxygens (including phenoxy) is 22. The monoisotopic (exact) mass is 1870 g/mol. The zero-order valence-electron chi connectivity index (χ0n) is 74.3. The third-order valence-corrected chi connectivity index (χ3v) is 24.0. The fourth-order valence-electron chi connectivity index (χ4n) is 17.0. The van der Waals surface area contributed by atoms with Gasteiger partial charge in [0.25, 0.3) is 9.70 Å². The summed E-state index contributed by atoms with van der Waals surface area (Å²) in [7, 11) is 0. The second-order valence-electron chi connectivity index (χ2n) is 33.7. The highest BCUT2D eigenvalue weighted by atomic mass is 35.6. The molecule has 0 bridgehead atoms. The van der Waals surface area contributed by atoms with E-state index in [2.05, 4.69) is 11.9 Å². The Morgan fingerprint density at radius 1 is 0.386 bits per heavy atom. The summed E-state index contributed by atoms with van der Waals surface area (Å²) in [4.78, 5) is 43.7. The van der Waals surface area contributed by atoms with Gasteiger partial charge in [0.05, 0.1) is 96.6 Å². The summed E-state index contributed by atoms with van der Waals surface area (Å²) in [6.07, 6.45) is -30.0. The number of carbonyl (C=O) groups excluding carboxylic acids is 3. The Morgan fingerprint density at radius 2 is 0.735 bits per heavy atom. The molecule has 0 saturated carbocycles. The summed E-state index contributed by atoms with van der Waals surface area (Å²) < 4.78 is 155. The molecule has 26 nitrogen and oxygen atoms in total. The first-order valence-electron chi connectivity index (χ1n) is 44.6. The van der Waals surface area contributed by atoms with E-state index in [0.717, 1.165) is 44.5 Å². The lowest BCUT2D eigenvalue weighted by Gasteiger charge is -2.53. The van der Waals surface area contributed by atoms with Crippen molar-refractivity contribution in [3.05, 3.63) is 336 Å². The van der Waals surface area contributed by atoms with Crippen molar-refractivity contribution in [1.29, 1.82) is 0 Å². The predicted molar refractivity (Wildman–Crippen MR) is 486 cm³/mol. The van der Waals surface area contributed by atoms with Gasteiger partial charge in [-0.15, -0.1) is 6.58 Å².